The molecule has 0 bridgehead atoms. The zero-order chi connectivity index (χ0) is 21.0. The fourth-order valence-electron chi connectivity index (χ4n) is 2.86. The van der Waals surface area contributed by atoms with Gasteiger partial charge in [-0.15, -0.1) is 5.10 Å². The van der Waals surface area contributed by atoms with Crippen LogP contribution in [0.1, 0.15) is 27.8 Å². The maximum atomic E-state index is 10.8. The molecule has 1 heterocycles. The van der Waals surface area contributed by atoms with Crippen molar-refractivity contribution in [2.24, 2.45) is 5.10 Å². The number of nitrogens with one attached hydrogen (secondary N) is 2. The summed E-state index contributed by atoms with van der Waals surface area (Å²) in [5, 5.41) is 32.0. The summed E-state index contributed by atoms with van der Waals surface area (Å²) in [6.45, 7) is 6.27. The number of anilines is 1. The van der Waals surface area contributed by atoms with E-state index < -0.39 is 4.92 Å². The van der Waals surface area contributed by atoms with Gasteiger partial charge in [0, 0.05) is 23.4 Å². The Morgan fingerprint density at radius 2 is 2.00 bits per heavy atom. The van der Waals surface area contributed by atoms with Gasteiger partial charge >= 0.3 is 0 Å². The van der Waals surface area contributed by atoms with Crippen molar-refractivity contribution in [3.63, 3.8) is 0 Å². The van der Waals surface area contributed by atoms with Gasteiger partial charge in [0.25, 0.3) is 5.69 Å². The molecule has 0 saturated carbocycles. The van der Waals surface area contributed by atoms with E-state index >= 15 is 0 Å². The predicted molar refractivity (Wildman–Crippen MR) is 113 cm³/mol. The lowest BCUT2D eigenvalue weighted by atomic mass is 10.0. The molecule has 10 heteroatoms. The van der Waals surface area contributed by atoms with Crippen LogP contribution in [0, 0.1) is 30.9 Å². The van der Waals surface area contributed by atoms with Gasteiger partial charge in [0.05, 0.1) is 11.1 Å². The highest BCUT2D eigenvalue weighted by molar-refractivity contribution is 7.98. The monoisotopic (exact) mass is 412 g/mol. The second-order valence-corrected chi connectivity index (χ2v) is 7.45. The summed E-state index contributed by atoms with van der Waals surface area (Å²) in [5.74, 6) is 0.963. The number of aromatic amines is 1. The van der Waals surface area contributed by atoms with E-state index in [0.717, 1.165) is 5.75 Å². The number of H-pyrrole nitrogens is 1. The largest absolute Gasteiger partial charge is 0.507 e. The van der Waals surface area contributed by atoms with E-state index in [1.54, 1.807) is 0 Å². The molecule has 0 aliphatic heterocycles. The van der Waals surface area contributed by atoms with Crippen molar-refractivity contribution >= 4 is 29.6 Å². The van der Waals surface area contributed by atoms with Gasteiger partial charge in [-0.1, -0.05) is 29.5 Å². The number of rotatable bonds is 7. The van der Waals surface area contributed by atoms with Gasteiger partial charge in [-0.25, -0.2) is 10.5 Å². The average Bonchev–Trinajstić information content (AvgIpc) is 3.10. The number of nitro benzene ring substituents is 1. The lowest BCUT2D eigenvalue weighted by Gasteiger charge is -2.09. The van der Waals surface area contributed by atoms with Crippen LogP contribution in [0.15, 0.2) is 40.6 Å². The number of aryl methyl sites for hydroxylation is 3. The van der Waals surface area contributed by atoms with Crippen LogP contribution in [0.3, 0.4) is 0 Å². The van der Waals surface area contributed by atoms with Crippen LogP contribution in [0.5, 0.6) is 5.75 Å². The molecule has 3 aromatic rings. The molecule has 0 aliphatic carbocycles. The second-order valence-electron chi connectivity index (χ2n) is 6.50. The highest BCUT2D eigenvalue weighted by Gasteiger charge is 2.10. The maximum Gasteiger partial charge on any atom is 0.270 e. The number of aromatic nitrogens is 3. The van der Waals surface area contributed by atoms with Crippen molar-refractivity contribution in [3.05, 3.63) is 68.3 Å². The van der Waals surface area contributed by atoms with Crippen LogP contribution in [0.4, 0.5) is 11.6 Å². The first-order valence-corrected chi connectivity index (χ1v) is 9.70. The Hall–Kier alpha value is -3.40. The van der Waals surface area contributed by atoms with E-state index in [1.807, 2.05) is 0 Å². The van der Waals surface area contributed by atoms with Crippen LogP contribution in [-0.2, 0) is 5.75 Å². The summed E-state index contributed by atoms with van der Waals surface area (Å²) in [7, 11) is 0. The van der Waals surface area contributed by atoms with Gasteiger partial charge in [0.1, 0.15) is 5.75 Å². The van der Waals surface area contributed by atoms with E-state index in [2.05, 4.69) is 58.6 Å². The molecule has 29 heavy (non-hydrogen) atoms. The molecule has 0 spiro atoms. The van der Waals surface area contributed by atoms with E-state index in [-0.39, 0.29) is 17.0 Å². The number of hydrogen-bond donors (Lipinski definition) is 3. The van der Waals surface area contributed by atoms with Gasteiger partial charge in [-0.2, -0.15) is 10.1 Å². The molecule has 3 N–H and O–H groups in total. The van der Waals surface area contributed by atoms with E-state index in [1.165, 1.54) is 58.4 Å². The zero-order valence-corrected chi connectivity index (χ0v) is 16.9. The summed E-state index contributed by atoms with van der Waals surface area (Å²) in [6.07, 6.45) is 1.27. The molecule has 0 unspecified atom stereocenters. The number of phenols is 1. The number of nitro groups is 1. The van der Waals surface area contributed by atoms with Crippen molar-refractivity contribution in [2.45, 2.75) is 31.7 Å². The zero-order valence-electron chi connectivity index (χ0n) is 16.1. The molecule has 0 saturated heterocycles. The fraction of sp³-hybridized carbons (Fsp3) is 0.211. The molecule has 0 atom stereocenters. The Balaban J connectivity index is 1.62. The van der Waals surface area contributed by atoms with Crippen molar-refractivity contribution in [1.29, 1.82) is 0 Å². The first-order chi connectivity index (χ1) is 13.8. The number of hydrazone groups is 1. The number of aromatic hydroxyl groups is 1. The number of hydrogen-bond acceptors (Lipinski definition) is 8. The minimum atomic E-state index is -0.540. The third-order valence-corrected chi connectivity index (χ3v) is 5.12. The number of non-ortho nitro benzene ring substituents is 1. The molecule has 150 valence electrons. The minimum absolute atomic E-state index is 0.112. The van der Waals surface area contributed by atoms with Gasteiger partial charge in [0.15, 0.2) is 0 Å². The van der Waals surface area contributed by atoms with E-state index in [0.29, 0.717) is 11.1 Å². The van der Waals surface area contributed by atoms with Crippen molar-refractivity contribution in [2.75, 3.05) is 5.43 Å². The van der Waals surface area contributed by atoms with Gasteiger partial charge in [-0.3, -0.25) is 10.1 Å². The lowest BCUT2D eigenvalue weighted by molar-refractivity contribution is -0.384. The first kappa shape index (κ1) is 20.3. The predicted octanol–water partition coefficient (Wildman–Crippen LogP) is 4.08. The normalized spacial score (nSPS) is 11.1. The highest BCUT2D eigenvalue weighted by Crippen LogP contribution is 2.25. The summed E-state index contributed by atoms with van der Waals surface area (Å²) in [6, 6.07) is 8.02. The molecule has 0 fully saturated rings. The van der Waals surface area contributed by atoms with Crippen LogP contribution in [0.2, 0.25) is 0 Å². The summed E-state index contributed by atoms with van der Waals surface area (Å²) >= 11 is 1.51. The van der Waals surface area contributed by atoms with Crippen LogP contribution in [-0.4, -0.2) is 31.4 Å². The minimum Gasteiger partial charge on any atom is -0.507 e. The summed E-state index contributed by atoms with van der Waals surface area (Å²) in [5.41, 5.74) is 7.73. The quantitative estimate of drug-likeness (QED) is 0.231. The van der Waals surface area contributed by atoms with Crippen LogP contribution >= 0.6 is 11.8 Å². The summed E-state index contributed by atoms with van der Waals surface area (Å²) in [4.78, 5) is 14.6. The Kier molecular flexibility index (Phi) is 6.13. The molecular weight excluding hydrogens is 392 g/mol. The molecule has 1 aromatic heterocycles. The molecular formula is C19H20N6O3S. The Labute approximate surface area is 171 Å². The highest BCUT2D eigenvalue weighted by atomic mass is 32.2. The van der Waals surface area contributed by atoms with Crippen molar-refractivity contribution in [3.8, 4) is 5.75 Å². The molecule has 3 rings (SSSR count). The van der Waals surface area contributed by atoms with E-state index in [9.17, 15) is 15.2 Å². The molecule has 0 aliphatic rings. The smallest absolute Gasteiger partial charge is 0.270 e. The Bertz CT molecular complexity index is 1060. The Morgan fingerprint density at radius 3 is 2.69 bits per heavy atom. The molecule has 9 nitrogen and oxygen atoms in total. The first-order valence-electron chi connectivity index (χ1n) is 8.72. The van der Waals surface area contributed by atoms with Gasteiger partial charge in [0.2, 0.25) is 11.1 Å². The standard InChI is InChI=1S/C19H20N6O3S/c1-11-6-12(2)16(13(3)7-11)10-29-19-21-18(23-24-19)22-20-9-14-8-15(25(27)28)4-5-17(14)26/h4-9,26H,10H2,1-3H3,(H2,21,22,23,24)/b20-9+. The second kappa shape index (κ2) is 8.74. The summed E-state index contributed by atoms with van der Waals surface area (Å²) < 4.78 is 0. The Morgan fingerprint density at radius 1 is 1.28 bits per heavy atom. The fourth-order valence-corrected chi connectivity index (χ4v) is 3.85. The van der Waals surface area contributed by atoms with Crippen molar-refractivity contribution < 1.29 is 10.0 Å². The maximum absolute atomic E-state index is 10.8. The number of thioether (sulfide) groups is 1. The van der Waals surface area contributed by atoms with E-state index in [4.69, 9.17) is 0 Å². The average molecular weight is 412 g/mol. The lowest BCUT2D eigenvalue weighted by Crippen LogP contribution is -1.95. The molecule has 0 amide bonds. The number of phenolic OH excluding ortho intramolecular Hbond substituents is 1. The van der Waals surface area contributed by atoms with Crippen molar-refractivity contribution in [1.82, 2.24) is 15.2 Å². The molecule has 2 aromatic carbocycles. The third-order valence-electron chi connectivity index (χ3n) is 4.25. The van der Waals surface area contributed by atoms with Crippen LogP contribution < -0.4 is 5.43 Å². The number of benzene rings is 2. The van der Waals surface area contributed by atoms with Crippen LogP contribution in [0.25, 0.3) is 0 Å². The number of nitrogens with zero attached hydrogens (tertiary/aromatic N) is 4. The SMILES string of the molecule is Cc1cc(C)c(CSc2n[nH]c(N/N=C/c3cc([N+](=O)[O-])ccc3O)n2)c(C)c1. The van der Waals surface area contributed by atoms with Gasteiger partial charge in [-0.05, 0) is 43.5 Å². The molecule has 0 radical (unpaired) electrons. The third kappa shape index (κ3) is 5.11. The van der Waals surface area contributed by atoms with Gasteiger partial charge < -0.3 is 5.11 Å². The topological polar surface area (TPSA) is 129 Å².